The Labute approximate surface area is 180 Å². The predicted octanol–water partition coefficient (Wildman–Crippen LogP) is 3.52. The lowest BCUT2D eigenvalue weighted by Crippen LogP contribution is -2.32. The van der Waals surface area contributed by atoms with Gasteiger partial charge in [-0.05, 0) is 17.7 Å². The van der Waals surface area contributed by atoms with Gasteiger partial charge in [0.05, 0.1) is 12.2 Å². The van der Waals surface area contributed by atoms with Crippen LogP contribution in [0, 0.1) is 0 Å². The van der Waals surface area contributed by atoms with Crippen LogP contribution in [0.1, 0.15) is 18.1 Å². The second-order valence-corrected chi connectivity index (χ2v) is 7.10. The number of nitrogens with one attached hydrogen (secondary N) is 2. The molecular weight excluding hydrogens is 400 g/mol. The van der Waals surface area contributed by atoms with E-state index in [1.165, 1.54) is 13.0 Å². The normalized spacial score (nSPS) is 10.9. The molecule has 2 aromatic carbocycles. The van der Waals surface area contributed by atoms with Crippen molar-refractivity contribution in [2.24, 2.45) is 0 Å². The number of hydrogen-bond donors (Lipinski definition) is 2. The van der Waals surface area contributed by atoms with Crippen LogP contribution >= 0.6 is 11.6 Å². The van der Waals surface area contributed by atoms with E-state index in [2.05, 4.69) is 10.6 Å². The maximum absolute atomic E-state index is 12.1. The Hall–Kier alpha value is -3.38. The van der Waals surface area contributed by atoms with Crippen LogP contribution in [0.3, 0.4) is 0 Å². The van der Waals surface area contributed by atoms with E-state index in [0.717, 1.165) is 22.4 Å². The number of aromatic nitrogens is 2. The number of carbonyl (C=O) groups is 2. The van der Waals surface area contributed by atoms with Crippen LogP contribution in [-0.2, 0) is 16.1 Å². The van der Waals surface area contributed by atoms with Crippen LogP contribution in [0.15, 0.2) is 66.9 Å². The SMILES string of the molecule is CC(=O)NCCNC(=O)/C=C\c1cn(Cc2ccccc2Cl)nc1-c1ccccc1. The fraction of sp³-hybridized carbons (Fsp3) is 0.174. The number of nitrogens with zero attached hydrogens (tertiary/aromatic N) is 2. The van der Waals surface area contributed by atoms with Gasteiger partial charge < -0.3 is 10.6 Å². The number of rotatable bonds is 8. The molecule has 0 fully saturated rings. The Morgan fingerprint density at radius 1 is 1.03 bits per heavy atom. The summed E-state index contributed by atoms with van der Waals surface area (Å²) < 4.78 is 1.82. The molecule has 6 nitrogen and oxygen atoms in total. The number of halogens is 1. The van der Waals surface area contributed by atoms with Crippen LogP contribution in [0.2, 0.25) is 5.02 Å². The third kappa shape index (κ3) is 6.06. The summed E-state index contributed by atoms with van der Waals surface area (Å²) in [5.74, 6) is -0.364. The molecule has 0 radical (unpaired) electrons. The van der Waals surface area contributed by atoms with Gasteiger partial charge >= 0.3 is 0 Å². The van der Waals surface area contributed by atoms with E-state index in [9.17, 15) is 9.59 Å². The zero-order valence-corrected chi connectivity index (χ0v) is 17.4. The lowest BCUT2D eigenvalue weighted by atomic mass is 10.1. The Balaban J connectivity index is 1.78. The quantitative estimate of drug-likeness (QED) is 0.430. The Kier molecular flexibility index (Phi) is 7.40. The number of benzene rings is 2. The minimum absolute atomic E-state index is 0.127. The molecule has 0 aliphatic heterocycles. The summed E-state index contributed by atoms with van der Waals surface area (Å²) in [4.78, 5) is 23.0. The van der Waals surface area contributed by atoms with E-state index in [1.807, 2.05) is 65.5 Å². The van der Waals surface area contributed by atoms with Crippen molar-refractivity contribution in [2.45, 2.75) is 13.5 Å². The van der Waals surface area contributed by atoms with Crippen LogP contribution in [0.25, 0.3) is 17.3 Å². The van der Waals surface area contributed by atoms with Crippen LogP contribution in [-0.4, -0.2) is 34.7 Å². The van der Waals surface area contributed by atoms with Gasteiger partial charge in [-0.25, -0.2) is 0 Å². The summed E-state index contributed by atoms with van der Waals surface area (Å²) in [6.45, 7) is 2.71. The summed E-state index contributed by atoms with van der Waals surface area (Å²) in [6, 6.07) is 17.4. The highest BCUT2D eigenvalue weighted by Crippen LogP contribution is 2.24. The molecule has 3 rings (SSSR count). The largest absolute Gasteiger partial charge is 0.355 e. The number of hydrogen-bond acceptors (Lipinski definition) is 3. The van der Waals surface area contributed by atoms with Gasteiger partial charge in [-0.2, -0.15) is 5.10 Å². The highest BCUT2D eigenvalue weighted by Gasteiger charge is 2.11. The molecule has 1 aromatic heterocycles. The molecule has 0 saturated carbocycles. The van der Waals surface area contributed by atoms with Crippen LogP contribution < -0.4 is 10.6 Å². The maximum atomic E-state index is 12.1. The molecule has 0 aliphatic carbocycles. The fourth-order valence-corrected chi connectivity index (χ4v) is 3.11. The Morgan fingerprint density at radius 3 is 2.47 bits per heavy atom. The van der Waals surface area contributed by atoms with Crippen molar-refractivity contribution < 1.29 is 9.59 Å². The summed E-state index contributed by atoms with van der Waals surface area (Å²) in [5.41, 5.74) is 3.53. The molecule has 2 N–H and O–H groups in total. The average molecular weight is 423 g/mol. The van der Waals surface area contributed by atoms with Crippen molar-refractivity contribution in [2.75, 3.05) is 13.1 Å². The van der Waals surface area contributed by atoms with Crippen LogP contribution in [0.5, 0.6) is 0 Å². The Bertz CT molecular complexity index is 1040. The van der Waals surface area contributed by atoms with Crippen molar-refractivity contribution in [3.8, 4) is 11.3 Å². The van der Waals surface area contributed by atoms with Gasteiger partial charge in [0.15, 0.2) is 0 Å². The van der Waals surface area contributed by atoms with Gasteiger partial charge in [-0.1, -0.05) is 60.1 Å². The number of carbonyl (C=O) groups excluding carboxylic acids is 2. The lowest BCUT2D eigenvalue weighted by molar-refractivity contribution is -0.119. The molecule has 0 unspecified atom stereocenters. The summed E-state index contributed by atoms with van der Waals surface area (Å²) in [7, 11) is 0. The molecule has 0 bridgehead atoms. The van der Waals surface area contributed by atoms with Crippen molar-refractivity contribution >= 4 is 29.5 Å². The van der Waals surface area contributed by atoms with E-state index in [4.69, 9.17) is 16.7 Å². The van der Waals surface area contributed by atoms with Crippen molar-refractivity contribution in [1.82, 2.24) is 20.4 Å². The smallest absolute Gasteiger partial charge is 0.244 e. The molecule has 154 valence electrons. The zero-order chi connectivity index (χ0) is 21.3. The summed E-state index contributed by atoms with van der Waals surface area (Å²) in [6.07, 6.45) is 5.11. The molecule has 1 heterocycles. The molecule has 0 saturated heterocycles. The minimum Gasteiger partial charge on any atom is -0.355 e. The second kappa shape index (κ2) is 10.4. The molecule has 0 aliphatic rings. The van der Waals surface area contributed by atoms with E-state index >= 15 is 0 Å². The predicted molar refractivity (Wildman–Crippen MR) is 119 cm³/mol. The van der Waals surface area contributed by atoms with Gasteiger partial charge in [-0.15, -0.1) is 0 Å². The average Bonchev–Trinajstić information content (AvgIpc) is 3.14. The van der Waals surface area contributed by atoms with E-state index in [1.54, 1.807) is 6.08 Å². The molecule has 30 heavy (non-hydrogen) atoms. The highest BCUT2D eigenvalue weighted by atomic mass is 35.5. The van der Waals surface area contributed by atoms with Gasteiger partial charge in [0, 0.05) is 48.4 Å². The van der Waals surface area contributed by atoms with Gasteiger partial charge in [0.25, 0.3) is 0 Å². The molecule has 7 heteroatoms. The zero-order valence-electron chi connectivity index (χ0n) is 16.6. The molecule has 0 spiro atoms. The van der Waals surface area contributed by atoms with Crippen molar-refractivity contribution in [1.29, 1.82) is 0 Å². The van der Waals surface area contributed by atoms with E-state index in [0.29, 0.717) is 24.7 Å². The summed E-state index contributed by atoms with van der Waals surface area (Å²) in [5, 5.41) is 10.8. The first kappa shape index (κ1) is 21.3. The lowest BCUT2D eigenvalue weighted by Gasteiger charge is -2.04. The second-order valence-electron chi connectivity index (χ2n) is 6.70. The maximum Gasteiger partial charge on any atom is 0.244 e. The minimum atomic E-state index is -0.238. The Morgan fingerprint density at radius 2 is 1.73 bits per heavy atom. The fourth-order valence-electron chi connectivity index (χ4n) is 2.91. The highest BCUT2D eigenvalue weighted by molar-refractivity contribution is 6.31. The number of amides is 2. The van der Waals surface area contributed by atoms with Gasteiger partial charge in [0.1, 0.15) is 0 Å². The van der Waals surface area contributed by atoms with Crippen LogP contribution in [0.4, 0.5) is 0 Å². The third-order valence-electron chi connectivity index (χ3n) is 4.34. The van der Waals surface area contributed by atoms with Crippen molar-refractivity contribution in [3.63, 3.8) is 0 Å². The van der Waals surface area contributed by atoms with E-state index < -0.39 is 0 Å². The third-order valence-corrected chi connectivity index (χ3v) is 4.71. The molecule has 3 aromatic rings. The first-order valence-electron chi connectivity index (χ1n) is 9.59. The van der Waals surface area contributed by atoms with Crippen molar-refractivity contribution in [3.05, 3.63) is 83.0 Å². The van der Waals surface area contributed by atoms with Gasteiger partial charge in [0.2, 0.25) is 11.8 Å². The van der Waals surface area contributed by atoms with Gasteiger partial charge in [-0.3, -0.25) is 14.3 Å². The molecule has 0 atom stereocenters. The standard InChI is InChI=1S/C23H23ClN4O2/c1-17(29)25-13-14-26-22(30)12-11-20-16-28(15-19-9-5-6-10-21(19)24)27-23(20)18-7-3-2-4-8-18/h2-12,16H,13-15H2,1H3,(H,25,29)(H,26,30)/b12-11-. The first-order chi connectivity index (χ1) is 14.5. The molecule has 2 amide bonds. The topological polar surface area (TPSA) is 76.0 Å². The van der Waals surface area contributed by atoms with E-state index in [-0.39, 0.29) is 11.8 Å². The first-order valence-corrected chi connectivity index (χ1v) is 9.97. The monoisotopic (exact) mass is 422 g/mol. The molecular formula is C23H23ClN4O2. The summed E-state index contributed by atoms with van der Waals surface area (Å²) >= 11 is 6.29.